The minimum absolute atomic E-state index is 0.204. The second-order valence-electron chi connectivity index (χ2n) is 4.47. The summed E-state index contributed by atoms with van der Waals surface area (Å²) in [4.78, 5) is 1.52. The van der Waals surface area contributed by atoms with Crippen LogP contribution in [0.5, 0.6) is 0 Å². The van der Waals surface area contributed by atoms with Crippen molar-refractivity contribution in [1.29, 1.82) is 0 Å². The molecule has 0 spiro atoms. The molecule has 0 radical (unpaired) electrons. The molecule has 2 rings (SSSR count). The third-order valence-electron chi connectivity index (χ3n) is 3.04. The van der Waals surface area contributed by atoms with Crippen LogP contribution in [0.4, 0.5) is 0 Å². The summed E-state index contributed by atoms with van der Waals surface area (Å²) >= 11 is 5.42. The van der Waals surface area contributed by atoms with E-state index in [0.717, 1.165) is 13.0 Å². The zero-order chi connectivity index (χ0) is 11.5. The second kappa shape index (κ2) is 5.63. The van der Waals surface area contributed by atoms with Gasteiger partial charge in [-0.25, -0.2) is 0 Å². The lowest BCUT2D eigenvalue weighted by Crippen LogP contribution is -2.26. The van der Waals surface area contributed by atoms with Crippen LogP contribution in [0.3, 0.4) is 0 Å². The van der Waals surface area contributed by atoms with Gasteiger partial charge >= 0.3 is 0 Å². The highest BCUT2D eigenvalue weighted by Crippen LogP contribution is 2.37. The largest absolute Gasteiger partial charge is 0.393 e. The molecule has 1 aliphatic rings. The predicted molar refractivity (Wildman–Crippen MR) is 72.0 cm³/mol. The average Bonchev–Trinajstić information content (AvgIpc) is 2.58. The van der Waals surface area contributed by atoms with Crippen LogP contribution in [0.15, 0.2) is 9.85 Å². The van der Waals surface area contributed by atoms with E-state index in [0.29, 0.717) is 6.04 Å². The number of thiophene rings is 1. The Bertz CT molecular complexity index is 351. The number of fused-ring (bicyclic) bond motifs is 1. The number of aliphatic hydroxyl groups is 1. The Balaban J connectivity index is 1.96. The molecule has 2 nitrogen and oxygen atoms in total. The Morgan fingerprint density at radius 1 is 1.69 bits per heavy atom. The summed E-state index contributed by atoms with van der Waals surface area (Å²) in [5, 5.41) is 12.8. The van der Waals surface area contributed by atoms with E-state index in [1.165, 1.54) is 33.5 Å². The first kappa shape index (κ1) is 12.6. The van der Waals surface area contributed by atoms with E-state index < -0.39 is 0 Å². The van der Waals surface area contributed by atoms with Crippen LogP contribution < -0.4 is 5.32 Å². The van der Waals surface area contributed by atoms with E-state index in [1.54, 1.807) is 0 Å². The predicted octanol–water partition coefficient (Wildman–Crippen LogP) is 3.25. The third kappa shape index (κ3) is 3.06. The van der Waals surface area contributed by atoms with E-state index in [2.05, 4.69) is 27.3 Å². The fourth-order valence-corrected chi connectivity index (χ4v) is 4.02. The number of rotatable bonds is 4. The Kier molecular flexibility index (Phi) is 4.41. The van der Waals surface area contributed by atoms with Gasteiger partial charge in [0.05, 0.1) is 9.89 Å². The maximum Gasteiger partial charge on any atom is 0.0704 e. The van der Waals surface area contributed by atoms with Gasteiger partial charge in [0.1, 0.15) is 0 Å². The molecule has 2 atom stereocenters. The quantitative estimate of drug-likeness (QED) is 0.895. The molecular formula is C12H18BrNOS. The third-order valence-corrected chi connectivity index (χ3v) is 4.75. The molecule has 90 valence electrons. The van der Waals surface area contributed by atoms with Crippen LogP contribution in [0, 0.1) is 0 Å². The van der Waals surface area contributed by atoms with Gasteiger partial charge in [-0.15, -0.1) is 11.3 Å². The first-order valence-corrected chi connectivity index (χ1v) is 7.47. The average molecular weight is 304 g/mol. The van der Waals surface area contributed by atoms with Crippen molar-refractivity contribution in [2.75, 3.05) is 6.54 Å². The standard InChI is InChI=1S/C12H18BrNOS/c1-8(15)5-6-14-10-3-2-4-11-9(10)7-12(13)16-11/h7-8,10,14-15H,2-6H2,1H3. The zero-order valence-electron chi connectivity index (χ0n) is 9.50. The zero-order valence-corrected chi connectivity index (χ0v) is 11.9. The molecule has 1 heterocycles. The molecule has 0 bridgehead atoms. The van der Waals surface area contributed by atoms with E-state index in [1.807, 2.05) is 18.3 Å². The second-order valence-corrected chi connectivity index (χ2v) is 6.98. The molecule has 1 aliphatic carbocycles. The molecule has 2 unspecified atom stereocenters. The van der Waals surface area contributed by atoms with Gasteiger partial charge in [-0.1, -0.05) is 0 Å². The summed E-state index contributed by atoms with van der Waals surface area (Å²) in [5.74, 6) is 0. The summed E-state index contributed by atoms with van der Waals surface area (Å²) in [6.45, 7) is 2.74. The number of aliphatic hydroxyl groups excluding tert-OH is 1. The summed E-state index contributed by atoms with van der Waals surface area (Å²) in [6.07, 6.45) is 4.34. The number of aryl methyl sites for hydroxylation is 1. The molecule has 2 N–H and O–H groups in total. The van der Waals surface area contributed by atoms with Crippen molar-refractivity contribution >= 4 is 27.3 Å². The van der Waals surface area contributed by atoms with Crippen molar-refractivity contribution < 1.29 is 5.11 Å². The number of halogens is 1. The minimum Gasteiger partial charge on any atom is -0.393 e. The van der Waals surface area contributed by atoms with Gasteiger partial charge in [-0.3, -0.25) is 0 Å². The molecule has 16 heavy (non-hydrogen) atoms. The molecule has 0 saturated carbocycles. The number of hydrogen-bond donors (Lipinski definition) is 2. The molecule has 0 aliphatic heterocycles. The van der Waals surface area contributed by atoms with E-state index >= 15 is 0 Å². The van der Waals surface area contributed by atoms with Crippen molar-refractivity contribution in [3.63, 3.8) is 0 Å². The lowest BCUT2D eigenvalue weighted by molar-refractivity contribution is 0.181. The van der Waals surface area contributed by atoms with Crippen molar-refractivity contribution in [3.8, 4) is 0 Å². The first-order valence-electron chi connectivity index (χ1n) is 5.86. The van der Waals surface area contributed by atoms with Gasteiger partial charge < -0.3 is 10.4 Å². The molecule has 0 aromatic carbocycles. The van der Waals surface area contributed by atoms with Gasteiger partial charge in [0.2, 0.25) is 0 Å². The summed E-state index contributed by atoms with van der Waals surface area (Å²) in [5.41, 5.74) is 1.47. The molecule has 4 heteroatoms. The number of hydrogen-bond acceptors (Lipinski definition) is 3. The van der Waals surface area contributed by atoms with E-state index in [-0.39, 0.29) is 6.10 Å². The Labute approximate surface area is 109 Å². The van der Waals surface area contributed by atoms with Crippen LogP contribution in [-0.4, -0.2) is 17.8 Å². The van der Waals surface area contributed by atoms with Gasteiger partial charge in [-0.2, -0.15) is 0 Å². The van der Waals surface area contributed by atoms with Gasteiger partial charge in [-0.05, 0) is 66.7 Å². The molecular weight excluding hydrogens is 286 g/mol. The van der Waals surface area contributed by atoms with Crippen molar-refractivity contribution in [2.24, 2.45) is 0 Å². The highest BCUT2D eigenvalue weighted by molar-refractivity contribution is 9.11. The monoisotopic (exact) mass is 303 g/mol. The fraction of sp³-hybridized carbons (Fsp3) is 0.667. The molecule has 0 fully saturated rings. The van der Waals surface area contributed by atoms with Crippen LogP contribution in [0.2, 0.25) is 0 Å². The normalized spacial score (nSPS) is 21.8. The first-order chi connectivity index (χ1) is 7.66. The van der Waals surface area contributed by atoms with Gasteiger partial charge in [0, 0.05) is 10.9 Å². The van der Waals surface area contributed by atoms with Crippen molar-refractivity contribution in [1.82, 2.24) is 5.32 Å². The summed E-state index contributed by atoms with van der Waals surface area (Å²) < 4.78 is 1.24. The Morgan fingerprint density at radius 2 is 2.50 bits per heavy atom. The van der Waals surface area contributed by atoms with E-state index in [4.69, 9.17) is 0 Å². The maximum absolute atomic E-state index is 9.24. The highest BCUT2D eigenvalue weighted by Gasteiger charge is 2.21. The maximum atomic E-state index is 9.24. The lowest BCUT2D eigenvalue weighted by Gasteiger charge is -2.24. The van der Waals surface area contributed by atoms with Crippen LogP contribution in [0.25, 0.3) is 0 Å². The minimum atomic E-state index is -0.204. The topological polar surface area (TPSA) is 32.3 Å². The summed E-state index contributed by atoms with van der Waals surface area (Å²) in [6, 6.07) is 2.74. The van der Waals surface area contributed by atoms with Crippen molar-refractivity contribution in [3.05, 3.63) is 20.3 Å². The van der Waals surface area contributed by atoms with Crippen LogP contribution in [0.1, 0.15) is 42.7 Å². The summed E-state index contributed by atoms with van der Waals surface area (Å²) in [7, 11) is 0. The molecule has 0 amide bonds. The SMILES string of the molecule is CC(O)CCNC1CCCc2sc(Br)cc21. The fourth-order valence-electron chi connectivity index (χ4n) is 2.20. The lowest BCUT2D eigenvalue weighted by atomic mass is 9.94. The Hall–Kier alpha value is 0.100. The molecule has 1 aromatic heterocycles. The van der Waals surface area contributed by atoms with Crippen LogP contribution >= 0.6 is 27.3 Å². The molecule has 1 aromatic rings. The van der Waals surface area contributed by atoms with Gasteiger partial charge in [0.15, 0.2) is 0 Å². The smallest absolute Gasteiger partial charge is 0.0704 e. The van der Waals surface area contributed by atoms with Crippen LogP contribution in [-0.2, 0) is 6.42 Å². The molecule has 0 saturated heterocycles. The van der Waals surface area contributed by atoms with Gasteiger partial charge in [0.25, 0.3) is 0 Å². The number of nitrogens with one attached hydrogen (secondary N) is 1. The van der Waals surface area contributed by atoms with Crippen molar-refractivity contribution in [2.45, 2.75) is 44.8 Å². The highest BCUT2D eigenvalue weighted by atomic mass is 79.9. The Morgan fingerprint density at radius 3 is 3.25 bits per heavy atom. The van der Waals surface area contributed by atoms with E-state index in [9.17, 15) is 5.11 Å².